The highest BCUT2D eigenvalue weighted by Crippen LogP contribution is 2.32. The minimum absolute atomic E-state index is 0.0698. The van der Waals surface area contributed by atoms with Crippen LogP contribution in [-0.2, 0) is 9.53 Å². The predicted molar refractivity (Wildman–Crippen MR) is 146 cm³/mol. The molecule has 1 aromatic heterocycles. The largest absolute Gasteiger partial charge is 0.490 e. The average molecular weight is 585 g/mol. The summed E-state index contributed by atoms with van der Waals surface area (Å²) in [4.78, 5) is 30.0. The minimum Gasteiger partial charge on any atom is -0.490 e. The van der Waals surface area contributed by atoms with Gasteiger partial charge in [-0.3, -0.25) is 25.8 Å². The van der Waals surface area contributed by atoms with Crippen LogP contribution in [0.4, 0.5) is 5.69 Å². The summed E-state index contributed by atoms with van der Waals surface area (Å²) in [7, 11) is 1.58. The van der Waals surface area contributed by atoms with Gasteiger partial charge >= 0.3 is 0 Å². The molecule has 0 spiro atoms. The third-order valence-corrected chi connectivity index (χ3v) is 5.83. The number of nitrogens with zero attached hydrogens (tertiary/aromatic N) is 1. The van der Waals surface area contributed by atoms with Crippen LogP contribution < -0.4 is 31.4 Å². The summed E-state index contributed by atoms with van der Waals surface area (Å²) in [5.74, 6) is -0.247. The van der Waals surface area contributed by atoms with Crippen molar-refractivity contribution in [2.24, 2.45) is 5.73 Å². The number of benzene rings is 2. The number of hydrogen-bond donors (Lipinski definition) is 5. The van der Waals surface area contributed by atoms with Gasteiger partial charge in [-0.05, 0) is 76.9 Å². The second kappa shape index (κ2) is 14.0. The zero-order valence-corrected chi connectivity index (χ0v) is 22.5. The molecule has 0 saturated carbocycles. The lowest BCUT2D eigenvalue weighted by molar-refractivity contribution is -0.122. The van der Waals surface area contributed by atoms with Crippen molar-refractivity contribution in [3.8, 4) is 11.5 Å². The van der Waals surface area contributed by atoms with Crippen molar-refractivity contribution in [2.45, 2.75) is 13.0 Å². The van der Waals surface area contributed by atoms with Gasteiger partial charge < -0.3 is 25.3 Å². The monoisotopic (exact) mass is 584 g/mol. The smallest absolute Gasteiger partial charge is 0.289 e. The maximum atomic E-state index is 13.3. The Hall–Kier alpha value is -4.16. The van der Waals surface area contributed by atoms with Crippen LogP contribution in [0.5, 0.6) is 11.5 Å². The lowest BCUT2D eigenvalue weighted by Crippen LogP contribution is -2.45. The van der Waals surface area contributed by atoms with Crippen molar-refractivity contribution < 1.29 is 23.8 Å². The molecule has 0 aliphatic rings. The number of halogens is 1. The molecule has 3 aromatic rings. The van der Waals surface area contributed by atoms with Crippen LogP contribution in [0.3, 0.4) is 0 Å². The maximum absolute atomic E-state index is 13.3. The molecule has 1 atom stereocenters. The molecule has 2 amide bonds. The van der Waals surface area contributed by atoms with Gasteiger partial charge in [-0.15, -0.1) is 0 Å². The maximum Gasteiger partial charge on any atom is 0.289 e. The fraction of sp³-hybridized carbons (Fsp3) is 0.231. The Labute approximate surface area is 228 Å². The number of rotatable bonds is 12. The molecule has 1 unspecified atom stereocenters. The fourth-order valence-electron chi connectivity index (χ4n) is 3.34. The van der Waals surface area contributed by atoms with Crippen molar-refractivity contribution in [3.05, 3.63) is 82.1 Å². The molecule has 38 heavy (non-hydrogen) atoms. The van der Waals surface area contributed by atoms with Crippen molar-refractivity contribution >= 4 is 39.3 Å². The highest BCUT2D eigenvalue weighted by Gasteiger charge is 2.24. The molecule has 0 saturated heterocycles. The van der Waals surface area contributed by atoms with E-state index in [1.165, 1.54) is 6.20 Å². The first-order valence-electron chi connectivity index (χ1n) is 11.6. The van der Waals surface area contributed by atoms with Gasteiger partial charge in [0.15, 0.2) is 11.5 Å². The number of aromatic nitrogens is 1. The second-order valence-corrected chi connectivity index (χ2v) is 8.68. The Morgan fingerprint density at radius 3 is 2.47 bits per heavy atom. The number of pyridine rings is 1. The van der Waals surface area contributed by atoms with Gasteiger partial charge in [0.05, 0.1) is 13.2 Å². The van der Waals surface area contributed by atoms with Gasteiger partial charge in [-0.25, -0.2) is 4.98 Å². The van der Waals surface area contributed by atoms with Gasteiger partial charge in [-0.2, -0.15) is 0 Å². The van der Waals surface area contributed by atoms with Crippen molar-refractivity contribution in [1.82, 2.24) is 15.8 Å². The van der Waals surface area contributed by atoms with Crippen LogP contribution >= 0.6 is 15.9 Å². The SMILES string of the molecule is CCOc1cc(C(Nc2ccc(C(=N)N)cc2)C(=O)NNC(=O)c2ncccc2Br)ccc1OCCOC. The molecule has 6 N–H and O–H groups in total. The average Bonchev–Trinajstić information content (AvgIpc) is 2.92. The molecule has 0 fully saturated rings. The van der Waals surface area contributed by atoms with Crippen LogP contribution in [0, 0.1) is 5.41 Å². The molecule has 1 heterocycles. The van der Waals surface area contributed by atoms with Gasteiger partial charge in [0.1, 0.15) is 24.2 Å². The molecule has 3 rings (SSSR count). The molecule has 0 aliphatic carbocycles. The van der Waals surface area contributed by atoms with Gasteiger partial charge in [-0.1, -0.05) is 6.07 Å². The van der Waals surface area contributed by atoms with Crippen LogP contribution in [0.1, 0.15) is 34.6 Å². The second-order valence-electron chi connectivity index (χ2n) is 7.83. The number of anilines is 1. The summed E-state index contributed by atoms with van der Waals surface area (Å²) in [6.07, 6.45) is 1.47. The Morgan fingerprint density at radius 2 is 1.82 bits per heavy atom. The summed E-state index contributed by atoms with van der Waals surface area (Å²) in [6, 6.07) is 14.3. The number of nitrogen functional groups attached to an aromatic ring is 1. The summed E-state index contributed by atoms with van der Waals surface area (Å²) in [5.41, 5.74) is 12.2. The molecule has 0 radical (unpaired) electrons. The quantitative estimate of drug-likeness (QED) is 0.0938. The van der Waals surface area contributed by atoms with Gasteiger partial charge in [0.25, 0.3) is 11.8 Å². The molecule has 0 bridgehead atoms. The van der Waals surface area contributed by atoms with Crippen molar-refractivity contribution in [1.29, 1.82) is 5.41 Å². The molecular weight excluding hydrogens is 556 g/mol. The number of carbonyl (C=O) groups excluding carboxylic acids is 2. The number of ether oxygens (including phenoxy) is 3. The zero-order valence-electron chi connectivity index (χ0n) is 20.9. The molecular formula is C26H29BrN6O5. The Balaban J connectivity index is 1.87. The predicted octanol–water partition coefficient (Wildman–Crippen LogP) is 3.17. The van der Waals surface area contributed by atoms with E-state index in [9.17, 15) is 9.59 Å². The van der Waals surface area contributed by atoms with E-state index < -0.39 is 17.9 Å². The number of hydrazine groups is 1. The van der Waals surface area contributed by atoms with Crippen molar-refractivity contribution in [3.63, 3.8) is 0 Å². The first-order valence-corrected chi connectivity index (χ1v) is 12.4. The zero-order chi connectivity index (χ0) is 27.5. The molecule has 0 aliphatic heterocycles. The van der Waals surface area contributed by atoms with Crippen molar-refractivity contribution in [2.75, 3.05) is 32.2 Å². The highest BCUT2D eigenvalue weighted by molar-refractivity contribution is 9.10. The van der Waals surface area contributed by atoms with Crippen LogP contribution in [-0.4, -0.2) is 49.6 Å². The fourth-order valence-corrected chi connectivity index (χ4v) is 3.78. The first-order chi connectivity index (χ1) is 18.3. The lowest BCUT2D eigenvalue weighted by atomic mass is 10.0. The van der Waals surface area contributed by atoms with Crippen LogP contribution in [0.2, 0.25) is 0 Å². The normalized spacial score (nSPS) is 11.2. The van der Waals surface area contributed by atoms with Gasteiger partial charge in [0.2, 0.25) is 0 Å². The Bertz CT molecular complexity index is 1270. The Morgan fingerprint density at radius 1 is 1.05 bits per heavy atom. The summed E-state index contributed by atoms with van der Waals surface area (Å²) < 4.78 is 17.0. The van der Waals surface area contributed by atoms with Crippen LogP contribution in [0.25, 0.3) is 0 Å². The van der Waals surface area contributed by atoms with Crippen LogP contribution in [0.15, 0.2) is 65.3 Å². The summed E-state index contributed by atoms with van der Waals surface area (Å²) in [6.45, 7) is 2.96. The third-order valence-electron chi connectivity index (χ3n) is 5.19. The van der Waals surface area contributed by atoms with E-state index in [0.29, 0.717) is 52.6 Å². The van der Waals surface area contributed by atoms with E-state index in [2.05, 4.69) is 37.1 Å². The number of carbonyl (C=O) groups is 2. The number of hydrogen-bond acceptors (Lipinski definition) is 8. The minimum atomic E-state index is -0.946. The van der Waals surface area contributed by atoms with E-state index in [4.69, 9.17) is 25.4 Å². The number of amides is 2. The van der Waals surface area contributed by atoms with Gasteiger partial charge in [0, 0.05) is 29.0 Å². The summed E-state index contributed by atoms with van der Waals surface area (Å²) >= 11 is 3.28. The number of nitrogens with one attached hydrogen (secondary N) is 4. The molecule has 2 aromatic carbocycles. The highest BCUT2D eigenvalue weighted by atomic mass is 79.9. The topological polar surface area (TPSA) is 161 Å². The third kappa shape index (κ3) is 7.67. The van der Waals surface area contributed by atoms with E-state index in [1.807, 2.05) is 6.92 Å². The number of amidine groups is 1. The first kappa shape index (κ1) is 28.4. The lowest BCUT2D eigenvalue weighted by Gasteiger charge is -2.22. The number of nitrogens with two attached hydrogens (primary N) is 1. The summed E-state index contributed by atoms with van der Waals surface area (Å²) in [5, 5.41) is 10.7. The van der Waals surface area contributed by atoms with E-state index in [0.717, 1.165) is 0 Å². The Kier molecular flexibility index (Phi) is 10.4. The molecule has 11 nitrogen and oxygen atoms in total. The standard InChI is InChI=1S/C26H29BrN6O5/c1-3-37-21-15-17(8-11-20(21)38-14-13-36-2)22(31-18-9-6-16(7-10-18)24(28)29)25(34)32-33-26(35)23-19(27)5-4-12-30-23/h4-12,15,22,31H,3,13-14H2,1-2H3,(H3,28,29)(H,32,34)(H,33,35). The van der Waals surface area contributed by atoms with E-state index in [-0.39, 0.29) is 11.5 Å². The van der Waals surface area contributed by atoms with E-state index >= 15 is 0 Å². The van der Waals surface area contributed by atoms with E-state index in [1.54, 1.807) is 61.7 Å². The number of methoxy groups -OCH3 is 1. The molecule has 12 heteroatoms. The molecule has 200 valence electrons.